The van der Waals surface area contributed by atoms with Gasteiger partial charge in [-0.2, -0.15) is 0 Å². The standard InChI is InChI=1S/C25H21F2N3O2/c1-15-4-8-18(9-5-15)28-25(31)30-12-2-3-22(30)24-29-21-13-16(6-11-23(21)32-24)19-10-7-17(26)14-20(19)27/h4-11,13-14,22H,2-3,12H2,1H3,(H,28,31)/t22-/m1/s1. The van der Waals surface area contributed by atoms with E-state index in [1.54, 1.807) is 23.1 Å². The van der Waals surface area contributed by atoms with Gasteiger partial charge in [-0.15, -0.1) is 0 Å². The Kier molecular flexibility index (Phi) is 5.09. The summed E-state index contributed by atoms with van der Waals surface area (Å²) >= 11 is 0. The lowest BCUT2D eigenvalue weighted by Gasteiger charge is -2.22. The fourth-order valence-corrected chi connectivity index (χ4v) is 4.08. The molecule has 1 N–H and O–H groups in total. The van der Waals surface area contributed by atoms with Gasteiger partial charge in [0.05, 0.1) is 0 Å². The number of amides is 2. The number of nitrogens with zero attached hydrogens (tertiary/aromatic N) is 2. The van der Waals surface area contributed by atoms with Gasteiger partial charge in [0.25, 0.3) is 0 Å². The molecule has 1 aliphatic heterocycles. The van der Waals surface area contributed by atoms with Gasteiger partial charge < -0.3 is 14.6 Å². The maximum atomic E-state index is 14.2. The molecule has 1 fully saturated rings. The van der Waals surface area contributed by atoms with Crippen LogP contribution in [0.3, 0.4) is 0 Å². The number of likely N-dealkylation sites (tertiary alicyclic amines) is 1. The molecule has 2 heterocycles. The Balaban J connectivity index is 1.40. The van der Waals surface area contributed by atoms with Gasteiger partial charge in [0.15, 0.2) is 5.58 Å². The first-order valence-corrected chi connectivity index (χ1v) is 10.5. The first-order valence-electron chi connectivity index (χ1n) is 10.5. The zero-order valence-electron chi connectivity index (χ0n) is 17.4. The van der Waals surface area contributed by atoms with E-state index in [0.29, 0.717) is 29.1 Å². The van der Waals surface area contributed by atoms with Crippen molar-refractivity contribution in [1.82, 2.24) is 9.88 Å². The Morgan fingerprint density at radius 3 is 2.69 bits per heavy atom. The van der Waals surface area contributed by atoms with Crippen LogP contribution in [0.15, 0.2) is 65.1 Å². The smallest absolute Gasteiger partial charge is 0.322 e. The van der Waals surface area contributed by atoms with Crippen LogP contribution in [0.2, 0.25) is 0 Å². The lowest BCUT2D eigenvalue weighted by atomic mass is 10.0. The second-order valence-electron chi connectivity index (χ2n) is 8.01. The van der Waals surface area contributed by atoms with E-state index in [-0.39, 0.29) is 17.6 Å². The molecule has 0 unspecified atom stereocenters. The minimum absolute atomic E-state index is 0.201. The Morgan fingerprint density at radius 2 is 1.91 bits per heavy atom. The molecule has 4 aromatic rings. The van der Waals surface area contributed by atoms with E-state index in [9.17, 15) is 13.6 Å². The number of nitrogens with one attached hydrogen (secondary N) is 1. The van der Waals surface area contributed by atoms with Gasteiger partial charge in [-0.05, 0) is 61.7 Å². The summed E-state index contributed by atoms with van der Waals surface area (Å²) in [6.45, 7) is 2.60. The molecule has 3 aromatic carbocycles. The molecule has 0 radical (unpaired) electrons. The SMILES string of the molecule is Cc1ccc(NC(=O)N2CCC[C@@H]2c2nc3cc(-c4ccc(F)cc4F)ccc3o2)cc1. The number of fused-ring (bicyclic) bond motifs is 1. The molecular weight excluding hydrogens is 412 g/mol. The van der Waals surface area contributed by atoms with Gasteiger partial charge in [0, 0.05) is 23.9 Å². The highest BCUT2D eigenvalue weighted by Gasteiger charge is 2.33. The Labute approximate surface area is 183 Å². The number of hydrogen-bond donors (Lipinski definition) is 1. The number of benzene rings is 3. The second-order valence-corrected chi connectivity index (χ2v) is 8.01. The monoisotopic (exact) mass is 433 g/mol. The van der Waals surface area contributed by atoms with Crippen molar-refractivity contribution in [2.24, 2.45) is 0 Å². The number of hydrogen-bond acceptors (Lipinski definition) is 3. The number of carbonyl (C=O) groups is 1. The minimum Gasteiger partial charge on any atom is -0.438 e. The molecule has 7 heteroatoms. The van der Waals surface area contributed by atoms with Gasteiger partial charge in [0.2, 0.25) is 5.89 Å². The lowest BCUT2D eigenvalue weighted by molar-refractivity contribution is 0.199. The van der Waals surface area contributed by atoms with Crippen LogP contribution in [-0.4, -0.2) is 22.5 Å². The highest BCUT2D eigenvalue weighted by Crippen LogP contribution is 2.35. The van der Waals surface area contributed by atoms with Crippen molar-refractivity contribution in [2.45, 2.75) is 25.8 Å². The largest absolute Gasteiger partial charge is 0.438 e. The average Bonchev–Trinajstić information content (AvgIpc) is 3.41. The summed E-state index contributed by atoms with van der Waals surface area (Å²) < 4.78 is 33.4. The number of oxazole rings is 1. The van der Waals surface area contributed by atoms with E-state index >= 15 is 0 Å². The zero-order chi connectivity index (χ0) is 22.2. The summed E-state index contributed by atoms with van der Waals surface area (Å²) in [6.07, 6.45) is 1.59. The summed E-state index contributed by atoms with van der Waals surface area (Å²) in [5.41, 5.74) is 3.83. The van der Waals surface area contributed by atoms with Gasteiger partial charge in [-0.25, -0.2) is 18.6 Å². The molecule has 32 heavy (non-hydrogen) atoms. The summed E-state index contributed by atoms with van der Waals surface area (Å²) in [5.74, 6) is -0.808. The molecule has 1 saturated heterocycles. The third-order valence-corrected chi connectivity index (χ3v) is 5.75. The molecule has 162 valence electrons. The zero-order valence-corrected chi connectivity index (χ0v) is 17.4. The van der Waals surface area contributed by atoms with Crippen LogP contribution in [0.1, 0.15) is 30.3 Å². The fraction of sp³-hybridized carbons (Fsp3) is 0.200. The van der Waals surface area contributed by atoms with Crippen molar-refractivity contribution >= 4 is 22.8 Å². The van der Waals surface area contributed by atoms with E-state index in [1.165, 1.54) is 12.1 Å². The van der Waals surface area contributed by atoms with Gasteiger partial charge in [-0.3, -0.25) is 0 Å². The van der Waals surface area contributed by atoms with E-state index in [0.717, 1.165) is 30.2 Å². The number of urea groups is 1. The summed E-state index contributed by atoms with van der Waals surface area (Å²) in [7, 11) is 0. The molecule has 2 amide bonds. The predicted molar refractivity (Wildman–Crippen MR) is 118 cm³/mol. The molecule has 0 aliphatic carbocycles. The normalized spacial score (nSPS) is 16.0. The Morgan fingerprint density at radius 1 is 1.09 bits per heavy atom. The van der Waals surface area contributed by atoms with Crippen LogP contribution in [-0.2, 0) is 0 Å². The van der Waals surface area contributed by atoms with Crippen molar-refractivity contribution in [2.75, 3.05) is 11.9 Å². The number of rotatable bonds is 3. The van der Waals surface area contributed by atoms with Crippen LogP contribution in [0.25, 0.3) is 22.2 Å². The quantitative estimate of drug-likeness (QED) is 0.404. The van der Waals surface area contributed by atoms with Crippen LogP contribution in [0.5, 0.6) is 0 Å². The first-order chi connectivity index (χ1) is 15.5. The van der Waals surface area contributed by atoms with Crippen molar-refractivity contribution in [3.05, 3.63) is 83.8 Å². The van der Waals surface area contributed by atoms with E-state index in [2.05, 4.69) is 10.3 Å². The van der Waals surface area contributed by atoms with E-state index in [1.807, 2.05) is 31.2 Å². The van der Waals surface area contributed by atoms with Crippen molar-refractivity contribution in [3.63, 3.8) is 0 Å². The molecule has 1 aromatic heterocycles. The third-order valence-electron chi connectivity index (χ3n) is 5.75. The Bertz CT molecular complexity index is 1300. The molecule has 5 nitrogen and oxygen atoms in total. The molecule has 0 bridgehead atoms. The fourth-order valence-electron chi connectivity index (χ4n) is 4.08. The van der Waals surface area contributed by atoms with Crippen molar-refractivity contribution in [1.29, 1.82) is 0 Å². The predicted octanol–water partition coefficient (Wildman–Crippen LogP) is 6.45. The van der Waals surface area contributed by atoms with Crippen LogP contribution < -0.4 is 5.32 Å². The summed E-state index contributed by atoms with van der Waals surface area (Å²) in [6, 6.07) is 15.8. The number of anilines is 1. The third kappa shape index (κ3) is 3.82. The van der Waals surface area contributed by atoms with E-state index in [4.69, 9.17) is 4.42 Å². The molecule has 0 spiro atoms. The average molecular weight is 433 g/mol. The van der Waals surface area contributed by atoms with Gasteiger partial charge in [0.1, 0.15) is 23.2 Å². The number of carbonyl (C=O) groups excluding carboxylic acids is 1. The molecule has 1 atom stereocenters. The van der Waals surface area contributed by atoms with Gasteiger partial charge >= 0.3 is 6.03 Å². The molecule has 0 saturated carbocycles. The molecule has 5 rings (SSSR count). The van der Waals surface area contributed by atoms with Crippen molar-refractivity contribution in [3.8, 4) is 11.1 Å². The summed E-state index contributed by atoms with van der Waals surface area (Å²) in [4.78, 5) is 19.2. The highest BCUT2D eigenvalue weighted by molar-refractivity contribution is 5.90. The maximum absolute atomic E-state index is 14.2. The van der Waals surface area contributed by atoms with Crippen molar-refractivity contribution < 1.29 is 18.0 Å². The first kappa shape index (κ1) is 20.2. The number of aromatic nitrogens is 1. The van der Waals surface area contributed by atoms with Crippen LogP contribution in [0, 0.1) is 18.6 Å². The molecular formula is C25H21F2N3O2. The van der Waals surface area contributed by atoms with E-state index < -0.39 is 11.6 Å². The maximum Gasteiger partial charge on any atom is 0.322 e. The number of aryl methyl sites for hydroxylation is 1. The second kappa shape index (κ2) is 8.07. The Hall–Kier alpha value is -3.74. The van der Waals surface area contributed by atoms with Crippen LogP contribution in [0.4, 0.5) is 19.3 Å². The van der Waals surface area contributed by atoms with Crippen LogP contribution >= 0.6 is 0 Å². The highest BCUT2D eigenvalue weighted by atomic mass is 19.1. The minimum atomic E-state index is -0.636. The molecule has 1 aliphatic rings. The van der Waals surface area contributed by atoms with Gasteiger partial charge in [-0.1, -0.05) is 23.8 Å². The topological polar surface area (TPSA) is 58.4 Å². The summed E-state index contributed by atoms with van der Waals surface area (Å²) in [5, 5.41) is 2.93. The number of halogens is 2. The lowest BCUT2D eigenvalue weighted by Crippen LogP contribution is -2.34.